The van der Waals surface area contributed by atoms with Crippen LogP contribution in [-0.4, -0.2) is 0 Å². The third-order valence-corrected chi connectivity index (χ3v) is 2.33. The Balaban J connectivity index is 2.57. The van der Waals surface area contributed by atoms with Crippen LogP contribution in [0.4, 0.5) is 5.69 Å². The summed E-state index contributed by atoms with van der Waals surface area (Å²) in [7, 11) is 0. The van der Waals surface area contributed by atoms with Gasteiger partial charge in [0.2, 0.25) is 0 Å². The summed E-state index contributed by atoms with van der Waals surface area (Å²) < 4.78 is 5.53. The zero-order valence-electron chi connectivity index (χ0n) is 8.37. The van der Waals surface area contributed by atoms with Gasteiger partial charge >= 0.3 is 0 Å². The molecule has 1 aromatic heterocycles. The highest BCUT2D eigenvalue weighted by atomic mass is 16.3. The van der Waals surface area contributed by atoms with Crippen LogP contribution in [0, 0.1) is 13.8 Å². The summed E-state index contributed by atoms with van der Waals surface area (Å²) in [5.41, 5.74) is 8.81. The van der Waals surface area contributed by atoms with Crippen LogP contribution >= 0.6 is 0 Å². The van der Waals surface area contributed by atoms with Crippen LogP contribution in [0.3, 0.4) is 0 Å². The monoisotopic (exact) mass is 187 g/mol. The maximum atomic E-state index is 5.96. The fourth-order valence-corrected chi connectivity index (χ4v) is 1.47. The first-order valence-electron chi connectivity index (χ1n) is 4.60. The maximum Gasteiger partial charge on any atom is 0.136 e. The molecule has 0 unspecified atom stereocenters. The number of benzene rings is 1. The summed E-state index contributed by atoms with van der Waals surface area (Å²) in [4.78, 5) is 0. The van der Waals surface area contributed by atoms with Gasteiger partial charge in [-0.15, -0.1) is 0 Å². The highest BCUT2D eigenvalue weighted by Gasteiger charge is 2.07. The standard InChI is InChI=1S/C12H13NO/c1-8-4-3-5-10(12(8)13)11-7-6-9(2)14-11/h3-7H,13H2,1-2H3. The molecule has 0 saturated carbocycles. The van der Waals surface area contributed by atoms with Crippen molar-refractivity contribution in [3.8, 4) is 11.3 Å². The van der Waals surface area contributed by atoms with E-state index in [1.54, 1.807) is 0 Å². The van der Waals surface area contributed by atoms with Gasteiger partial charge in [0.25, 0.3) is 0 Å². The SMILES string of the molecule is Cc1ccc(-c2cccc(C)c2N)o1. The molecule has 72 valence electrons. The van der Waals surface area contributed by atoms with Crippen LogP contribution in [0.15, 0.2) is 34.7 Å². The van der Waals surface area contributed by atoms with Crippen molar-refractivity contribution in [2.75, 3.05) is 5.73 Å². The van der Waals surface area contributed by atoms with Crippen molar-refractivity contribution in [2.24, 2.45) is 0 Å². The lowest BCUT2D eigenvalue weighted by molar-refractivity contribution is 0.548. The Hall–Kier alpha value is -1.70. The van der Waals surface area contributed by atoms with Crippen molar-refractivity contribution in [3.05, 3.63) is 41.7 Å². The molecule has 1 heterocycles. The van der Waals surface area contributed by atoms with Crippen molar-refractivity contribution >= 4 is 5.69 Å². The van der Waals surface area contributed by atoms with E-state index < -0.39 is 0 Å². The molecule has 2 heteroatoms. The number of hydrogen-bond acceptors (Lipinski definition) is 2. The molecule has 0 radical (unpaired) electrons. The molecule has 0 saturated heterocycles. The van der Waals surface area contributed by atoms with E-state index in [9.17, 15) is 0 Å². The fraction of sp³-hybridized carbons (Fsp3) is 0.167. The maximum absolute atomic E-state index is 5.96. The summed E-state index contributed by atoms with van der Waals surface area (Å²) in [5, 5.41) is 0. The van der Waals surface area contributed by atoms with Gasteiger partial charge in [-0.2, -0.15) is 0 Å². The molecule has 0 amide bonds. The molecule has 0 spiro atoms. The molecular weight excluding hydrogens is 174 g/mol. The molecule has 1 aromatic carbocycles. The minimum atomic E-state index is 0.793. The molecule has 0 bridgehead atoms. The lowest BCUT2D eigenvalue weighted by atomic mass is 10.1. The summed E-state index contributed by atoms with van der Waals surface area (Å²) >= 11 is 0. The first kappa shape index (κ1) is 8.88. The van der Waals surface area contributed by atoms with E-state index in [2.05, 4.69) is 0 Å². The number of nitrogens with two attached hydrogens (primary N) is 1. The van der Waals surface area contributed by atoms with Crippen LogP contribution < -0.4 is 5.73 Å². The molecule has 14 heavy (non-hydrogen) atoms. The van der Waals surface area contributed by atoms with Crippen molar-refractivity contribution in [3.63, 3.8) is 0 Å². The van der Waals surface area contributed by atoms with E-state index >= 15 is 0 Å². The predicted molar refractivity (Wildman–Crippen MR) is 58.0 cm³/mol. The second kappa shape index (κ2) is 3.22. The van der Waals surface area contributed by atoms with E-state index in [1.165, 1.54) is 0 Å². The highest BCUT2D eigenvalue weighted by molar-refractivity contribution is 5.75. The summed E-state index contributed by atoms with van der Waals surface area (Å²) in [6.07, 6.45) is 0. The van der Waals surface area contributed by atoms with E-state index in [1.807, 2.05) is 44.2 Å². The van der Waals surface area contributed by atoms with Gasteiger partial charge in [0.05, 0.1) is 0 Å². The number of aryl methyl sites for hydroxylation is 2. The van der Waals surface area contributed by atoms with E-state index in [-0.39, 0.29) is 0 Å². The third-order valence-electron chi connectivity index (χ3n) is 2.33. The Morgan fingerprint density at radius 2 is 1.86 bits per heavy atom. The number of nitrogen functional groups attached to an aromatic ring is 1. The van der Waals surface area contributed by atoms with Gasteiger partial charge in [0.15, 0.2) is 0 Å². The van der Waals surface area contributed by atoms with Crippen LogP contribution in [0.1, 0.15) is 11.3 Å². The number of para-hydroxylation sites is 1. The Bertz CT molecular complexity index is 457. The lowest BCUT2D eigenvalue weighted by Crippen LogP contribution is -1.92. The molecule has 0 aliphatic rings. The average molecular weight is 187 g/mol. The molecule has 0 atom stereocenters. The molecule has 2 aromatic rings. The largest absolute Gasteiger partial charge is 0.461 e. The fourth-order valence-electron chi connectivity index (χ4n) is 1.47. The quantitative estimate of drug-likeness (QED) is 0.696. The Morgan fingerprint density at radius 3 is 2.50 bits per heavy atom. The minimum absolute atomic E-state index is 0.793. The van der Waals surface area contributed by atoms with Crippen molar-refractivity contribution in [1.82, 2.24) is 0 Å². The molecule has 0 aliphatic carbocycles. The van der Waals surface area contributed by atoms with Gasteiger partial charge in [0, 0.05) is 11.3 Å². The molecule has 2 N–H and O–H groups in total. The Kier molecular flexibility index (Phi) is 2.04. The van der Waals surface area contributed by atoms with E-state index in [0.717, 1.165) is 28.3 Å². The van der Waals surface area contributed by atoms with Crippen LogP contribution in [0.25, 0.3) is 11.3 Å². The normalized spacial score (nSPS) is 10.4. The first-order chi connectivity index (χ1) is 6.68. The summed E-state index contributed by atoms with van der Waals surface area (Å²) in [6.45, 7) is 3.92. The van der Waals surface area contributed by atoms with Gasteiger partial charge < -0.3 is 10.2 Å². The average Bonchev–Trinajstić information content (AvgIpc) is 2.57. The topological polar surface area (TPSA) is 39.2 Å². The van der Waals surface area contributed by atoms with Crippen LogP contribution in [0.2, 0.25) is 0 Å². The Morgan fingerprint density at radius 1 is 1.07 bits per heavy atom. The molecule has 2 rings (SSSR count). The van der Waals surface area contributed by atoms with Gasteiger partial charge in [0.1, 0.15) is 11.5 Å². The first-order valence-corrected chi connectivity index (χ1v) is 4.60. The minimum Gasteiger partial charge on any atom is -0.461 e. The van der Waals surface area contributed by atoms with Crippen molar-refractivity contribution in [1.29, 1.82) is 0 Å². The van der Waals surface area contributed by atoms with E-state index in [0.29, 0.717) is 0 Å². The predicted octanol–water partition coefficient (Wildman–Crippen LogP) is 3.15. The van der Waals surface area contributed by atoms with Gasteiger partial charge in [-0.3, -0.25) is 0 Å². The third kappa shape index (κ3) is 1.39. The highest BCUT2D eigenvalue weighted by Crippen LogP contribution is 2.29. The molecule has 2 nitrogen and oxygen atoms in total. The van der Waals surface area contributed by atoms with Crippen LogP contribution in [-0.2, 0) is 0 Å². The zero-order chi connectivity index (χ0) is 10.1. The summed E-state index contributed by atoms with van der Waals surface area (Å²) in [6, 6.07) is 9.84. The number of rotatable bonds is 1. The van der Waals surface area contributed by atoms with Crippen molar-refractivity contribution in [2.45, 2.75) is 13.8 Å². The van der Waals surface area contributed by atoms with Gasteiger partial charge in [-0.05, 0) is 37.6 Å². The number of furan rings is 1. The van der Waals surface area contributed by atoms with E-state index in [4.69, 9.17) is 10.2 Å². The van der Waals surface area contributed by atoms with Crippen molar-refractivity contribution < 1.29 is 4.42 Å². The molecule has 0 aliphatic heterocycles. The smallest absolute Gasteiger partial charge is 0.136 e. The van der Waals surface area contributed by atoms with Gasteiger partial charge in [-0.25, -0.2) is 0 Å². The van der Waals surface area contributed by atoms with Crippen LogP contribution in [0.5, 0.6) is 0 Å². The Labute approximate surface area is 83.4 Å². The molecule has 0 fully saturated rings. The zero-order valence-corrected chi connectivity index (χ0v) is 8.37. The van der Waals surface area contributed by atoms with Gasteiger partial charge in [-0.1, -0.05) is 12.1 Å². The second-order valence-corrected chi connectivity index (χ2v) is 3.45. The number of hydrogen-bond donors (Lipinski definition) is 1. The number of anilines is 1. The lowest BCUT2D eigenvalue weighted by Gasteiger charge is -2.04. The summed E-state index contributed by atoms with van der Waals surface area (Å²) in [5.74, 6) is 1.74. The molecular formula is C12H13NO. The second-order valence-electron chi connectivity index (χ2n) is 3.45.